The maximum Gasteiger partial charge on any atom is 0.228 e. The van der Waals surface area contributed by atoms with Gasteiger partial charge in [-0.25, -0.2) is 0 Å². The third kappa shape index (κ3) is 3.82. The van der Waals surface area contributed by atoms with Crippen LogP contribution in [0.15, 0.2) is 24.4 Å². The van der Waals surface area contributed by atoms with E-state index < -0.39 is 6.23 Å². The van der Waals surface area contributed by atoms with E-state index in [1.54, 1.807) is 16.2 Å². The number of anilines is 1. The average molecular weight is 555 g/mol. The van der Waals surface area contributed by atoms with E-state index in [2.05, 4.69) is 23.8 Å². The van der Waals surface area contributed by atoms with Gasteiger partial charge in [-0.15, -0.1) is 11.3 Å². The van der Waals surface area contributed by atoms with Crippen molar-refractivity contribution in [2.75, 3.05) is 38.3 Å². The number of hydrogen-bond donors (Lipinski definition) is 2. The Morgan fingerprint density at radius 3 is 2.84 bits per heavy atom. The third-order valence-corrected chi connectivity index (χ3v) is 10.1. The van der Waals surface area contributed by atoms with E-state index in [1.807, 2.05) is 24.4 Å². The van der Waals surface area contributed by atoms with Gasteiger partial charge >= 0.3 is 0 Å². The van der Waals surface area contributed by atoms with Crippen molar-refractivity contribution in [1.29, 1.82) is 0 Å². The van der Waals surface area contributed by atoms with Crippen LogP contribution in [0.2, 0.25) is 5.02 Å². The number of pyridine rings is 1. The number of piperidine rings is 1. The summed E-state index contributed by atoms with van der Waals surface area (Å²) in [5.74, 6) is 0.930. The lowest BCUT2D eigenvalue weighted by Crippen LogP contribution is -2.42. The highest BCUT2D eigenvalue weighted by molar-refractivity contribution is 7.19. The van der Waals surface area contributed by atoms with Gasteiger partial charge in [0.1, 0.15) is 18.6 Å². The van der Waals surface area contributed by atoms with Gasteiger partial charge in [0.2, 0.25) is 5.91 Å². The summed E-state index contributed by atoms with van der Waals surface area (Å²) in [5.41, 5.74) is 5.03. The molecule has 1 aromatic carbocycles. The number of likely N-dealkylation sites (tertiary alicyclic amines) is 2. The number of fused-ring (bicyclic) bond motifs is 3. The molecular weight excluding hydrogens is 524 g/mol. The number of amides is 1. The van der Waals surface area contributed by atoms with E-state index in [0.29, 0.717) is 18.2 Å². The number of aliphatic hydroxyl groups excluding tert-OH is 2. The number of aromatic nitrogens is 1. The average Bonchev–Trinajstić information content (AvgIpc) is 3.37. The molecule has 1 saturated carbocycles. The first-order valence-corrected chi connectivity index (χ1v) is 14.4. The number of rotatable bonds is 5. The van der Waals surface area contributed by atoms with Gasteiger partial charge in [-0.3, -0.25) is 14.7 Å². The third-order valence-electron chi connectivity index (χ3n) is 8.75. The number of carbonyl (C=O) groups excluding carboxylic acids is 1. The number of thiophene rings is 1. The van der Waals surface area contributed by atoms with Crippen molar-refractivity contribution in [2.45, 2.75) is 44.6 Å². The molecule has 4 aliphatic rings. The monoisotopic (exact) mass is 554 g/mol. The number of ether oxygens (including phenoxy) is 1. The lowest BCUT2D eigenvalue weighted by Gasteiger charge is -2.38. The normalized spacial score (nSPS) is 28.7. The van der Waals surface area contributed by atoms with Crippen LogP contribution in [0, 0.1) is 18.8 Å². The zero-order valence-electron chi connectivity index (χ0n) is 21.4. The van der Waals surface area contributed by atoms with E-state index in [0.717, 1.165) is 69.2 Å². The van der Waals surface area contributed by atoms with Crippen LogP contribution in [0.4, 0.5) is 5.69 Å². The minimum absolute atomic E-state index is 0.000613. The molecule has 3 aromatic rings. The van der Waals surface area contributed by atoms with Crippen molar-refractivity contribution in [1.82, 2.24) is 14.8 Å². The maximum absolute atomic E-state index is 12.6. The zero-order chi connectivity index (χ0) is 26.3. The minimum atomic E-state index is -0.690. The first-order chi connectivity index (χ1) is 18.3. The highest BCUT2D eigenvalue weighted by Crippen LogP contribution is 2.51. The predicted molar refractivity (Wildman–Crippen MR) is 148 cm³/mol. The molecule has 1 amide bonds. The van der Waals surface area contributed by atoms with E-state index in [-0.39, 0.29) is 36.4 Å². The Bertz CT molecular complexity index is 1450. The smallest absolute Gasteiger partial charge is 0.228 e. The van der Waals surface area contributed by atoms with Gasteiger partial charge < -0.3 is 24.7 Å². The number of nitrogens with zero attached hydrogens (tertiary/aromatic N) is 4. The molecule has 8 nitrogen and oxygen atoms in total. The van der Waals surface area contributed by atoms with Crippen molar-refractivity contribution in [3.8, 4) is 16.9 Å². The second kappa shape index (κ2) is 9.06. The van der Waals surface area contributed by atoms with Crippen LogP contribution < -0.4 is 9.64 Å². The highest BCUT2D eigenvalue weighted by atomic mass is 35.5. The van der Waals surface area contributed by atoms with Crippen molar-refractivity contribution in [3.63, 3.8) is 0 Å². The number of halogens is 1. The Morgan fingerprint density at radius 2 is 2.11 bits per heavy atom. The van der Waals surface area contributed by atoms with Crippen LogP contribution in [0.3, 0.4) is 0 Å². The van der Waals surface area contributed by atoms with Crippen LogP contribution in [-0.2, 0) is 11.3 Å². The Labute approximate surface area is 230 Å². The van der Waals surface area contributed by atoms with E-state index in [4.69, 9.17) is 21.3 Å². The molecule has 2 N–H and O–H groups in total. The molecule has 200 valence electrons. The minimum Gasteiger partial charge on any atom is -0.489 e. The summed E-state index contributed by atoms with van der Waals surface area (Å²) in [6.45, 7) is 4.82. The van der Waals surface area contributed by atoms with Gasteiger partial charge in [0.05, 0.1) is 35.6 Å². The van der Waals surface area contributed by atoms with E-state index in [9.17, 15) is 15.0 Å². The molecule has 3 fully saturated rings. The Hall–Kier alpha value is -2.43. The van der Waals surface area contributed by atoms with Gasteiger partial charge in [0, 0.05) is 63.8 Å². The lowest BCUT2D eigenvalue weighted by molar-refractivity contribution is -0.137. The summed E-state index contributed by atoms with van der Waals surface area (Å²) in [6.07, 6.45) is 2.90. The molecule has 5 atom stereocenters. The first-order valence-electron chi connectivity index (χ1n) is 13.2. The number of hydrogen-bond acceptors (Lipinski definition) is 8. The summed E-state index contributed by atoms with van der Waals surface area (Å²) in [5, 5.41) is 21.1. The molecule has 0 spiro atoms. The van der Waals surface area contributed by atoms with Crippen molar-refractivity contribution >= 4 is 44.7 Å². The zero-order valence-corrected chi connectivity index (χ0v) is 23.0. The SMILES string of the molecule is Cc1cnc2cc(CN3C(=O)C4CC4C3O)sc2c1-c1cc(Cl)cc2c1N([C@H]1C[C@H](CO)N(C)C1)CCO2. The highest BCUT2D eigenvalue weighted by Gasteiger charge is 2.58. The van der Waals surface area contributed by atoms with Crippen LogP contribution in [0.5, 0.6) is 5.75 Å². The molecule has 1 aliphatic carbocycles. The fourth-order valence-corrected chi connectivity index (χ4v) is 8.10. The number of likely N-dealkylation sites (N-methyl/N-ethyl adjacent to an activating group) is 1. The molecule has 3 unspecified atom stereocenters. The van der Waals surface area contributed by atoms with Crippen molar-refractivity contribution in [3.05, 3.63) is 39.9 Å². The second-order valence-corrected chi connectivity index (χ2v) is 12.7. The topological polar surface area (TPSA) is 89.4 Å². The lowest BCUT2D eigenvalue weighted by atomic mass is 9.97. The summed E-state index contributed by atoms with van der Waals surface area (Å²) in [4.78, 5) is 24.6. The largest absolute Gasteiger partial charge is 0.489 e. The molecule has 0 radical (unpaired) electrons. The van der Waals surface area contributed by atoms with E-state index in [1.165, 1.54) is 0 Å². The van der Waals surface area contributed by atoms with Crippen LogP contribution in [-0.4, -0.2) is 82.6 Å². The van der Waals surface area contributed by atoms with Gasteiger partial charge in [-0.2, -0.15) is 0 Å². The van der Waals surface area contributed by atoms with Gasteiger partial charge in [0.25, 0.3) is 0 Å². The molecule has 3 aliphatic heterocycles. The summed E-state index contributed by atoms with van der Waals surface area (Å²) in [7, 11) is 2.07. The predicted octanol–water partition coefficient (Wildman–Crippen LogP) is 3.49. The molecule has 2 aromatic heterocycles. The molecule has 5 heterocycles. The summed E-state index contributed by atoms with van der Waals surface area (Å²) < 4.78 is 7.19. The Balaban J connectivity index is 1.32. The van der Waals surface area contributed by atoms with Crippen LogP contribution >= 0.6 is 22.9 Å². The van der Waals surface area contributed by atoms with E-state index >= 15 is 0 Å². The number of benzene rings is 1. The Kier molecular flexibility index (Phi) is 5.87. The summed E-state index contributed by atoms with van der Waals surface area (Å²) in [6, 6.07) is 6.35. The molecule has 10 heteroatoms. The molecule has 2 saturated heterocycles. The number of aryl methyl sites for hydroxylation is 1. The van der Waals surface area contributed by atoms with Crippen molar-refractivity contribution in [2.24, 2.45) is 11.8 Å². The summed E-state index contributed by atoms with van der Waals surface area (Å²) >= 11 is 8.28. The van der Waals surface area contributed by atoms with Crippen LogP contribution in [0.1, 0.15) is 23.3 Å². The number of aliphatic hydroxyl groups is 2. The number of carbonyl (C=O) groups is 1. The van der Waals surface area contributed by atoms with Crippen LogP contribution in [0.25, 0.3) is 21.3 Å². The quantitative estimate of drug-likeness (QED) is 0.499. The first kappa shape index (κ1) is 24.6. The molecular formula is C28H31ClN4O4S. The standard InChI is InChI=1S/C28H31ClN4O4S/c1-14-10-30-22-8-18(12-33-27(35)19-9-20(19)28(33)36)38-26(22)24(14)21-5-15(29)6-23-25(21)32(3-4-37-23)16-7-17(13-34)31(2)11-16/h5-6,8,10,16-17,19-20,27,34-35H,3-4,7,9,11-13H2,1-2H3/t16-,17+,19?,20?,27?/m0/s1. The Morgan fingerprint density at radius 1 is 1.26 bits per heavy atom. The van der Waals surface area contributed by atoms with Crippen molar-refractivity contribution < 1.29 is 19.7 Å². The molecule has 38 heavy (non-hydrogen) atoms. The maximum atomic E-state index is 12.6. The molecule has 0 bridgehead atoms. The second-order valence-electron chi connectivity index (χ2n) is 11.1. The molecule has 7 rings (SSSR count). The fourth-order valence-electron chi connectivity index (χ4n) is 6.66. The van der Waals surface area contributed by atoms with Gasteiger partial charge in [-0.1, -0.05) is 11.6 Å². The van der Waals surface area contributed by atoms with Gasteiger partial charge in [0.15, 0.2) is 0 Å². The van der Waals surface area contributed by atoms with Gasteiger partial charge in [-0.05, 0) is 44.5 Å². The fraction of sp³-hybridized carbons (Fsp3) is 0.500.